The quantitative estimate of drug-likeness (QED) is 0.766. The highest BCUT2D eigenvalue weighted by Crippen LogP contribution is 2.29. The summed E-state index contributed by atoms with van der Waals surface area (Å²) in [4.78, 5) is 17.8. The third-order valence-electron chi connectivity index (χ3n) is 4.53. The van der Waals surface area contributed by atoms with E-state index in [0.29, 0.717) is 11.7 Å². The van der Waals surface area contributed by atoms with Gasteiger partial charge in [-0.15, -0.1) is 0 Å². The average molecular weight is 323 g/mol. The van der Waals surface area contributed by atoms with Crippen molar-refractivity contribution in [2.45, 2.75) is 45.1 Å². The van der Waals surface area contributed by atoms with E-state index in [1.54, 1.807) is 6.20 Å². The highest BCUT2D eigenvalue weighted by atomic mass is 15.1. The van der Waals surface area contributed by atoms with Gasteiger partial charge in [-0.2, -0.15) is 4.98 Å². The third-order valence-corrected chi connectivity index (χ3v) is 4.53. The lowest BCUT2D eigenvalue weighted by molar-refractivity contribution is 0.658. The minimum Gasteiger partial charge on any atom is -0.368 e. The van der Waals surface area contributed by atoms with Crippen LogP contribution in [0.4, 0.5) is 11.8 Å². The van der Waals surface area contributed by atoms with Crippen LogP contribution in [0, 0.1) is 0 Å². The van der Waals surface area contributed by atoms with Gasteiger partial charge >= 0.3 is 0 Å². The minimum absolute atomic E-state index is 0.0621. The number of nitrogens with two attached hydrogens (primary N) is 1. The summed E-state index contributed by atoms with van der Waals surface area (Å²) in [7, 11) is 0. The third kappa shape index (κ3) is 2.66. The van der Waals surface area contributed by atoms with Gasteiger partial charge in [-0.3, -0.25) is 4.40 Å². The first kappa shape index (κ1) is 14.9. The average Bonchev–Trinajstić information content (AvgIpc) is 3.03. The standard InChI is InChI=1S/C17H21N7/c1-2-12(14-10-24-9-5-8-19-17(24)22-14)20-15-11-6-3-4-7-13(11)21-16(18)23-15/h5,8-10,12H,2-4,6-7H2,1H3,(H3,18,20,21,23). The lowest BCUT2D eigenvalue weighted by atomic mass is 9.96. The number of rotatable bonds is 4. The van der Waals surface area contributed by atoms with Crippen LogP contribution < -0.4 is 11.1 Å². The first-order valence-electron chi connectivity index (χ1n) is 8.46. The first-order valence-corrected chi connectivity index (χ1v) is 8.46. The second-order valence-electron chi connectivity index (χ2n) is 6.16. The molecule has 0 aliphatic heterocycles. The van der Waals surface area contributed by atoms with E-state index in [4.69, 9.17) is 5.73 Å². The molecule has 7 nitrogen and oxygen atoms in total. The second-order valence-corrected chi connectivity index (χ2v) is 6.16. The molecule has 0 saturated carbocycles. The van der Waals surface area contributed by atoms with Crippen molar-refractivity contribution in [2.24, 2.45) is 0 Å². The number of imidazole rings is 1. The number of nitrogens with one attached hydrogen (secondary N) is 1. The Bertz CT molecular complexity index is 838. The van der Waals surface area contributed by atoms with Gasteiger partial charge in [0.25, 0.3) is 0 Å². The molecular weight excluding hydrogens is 302 g/mol. The number of fused-ring (bicyclic) bond motifs is 2. The number of aromatic nitrogens is 5. The van der Waals surface area contributed by atoms with E-state index >= 15 is 0 Å². The van der Waals surface area contributed by atoms with Crippen molar-refractivity contribution in [3.63, 3.8) is 0 Å². The summed E-state index contributed by atoms with van der Waals surface area (Å²) in [6.07, 6.45) is 10.9. The molecule has 1 unspecified atom stereocenters. The summed E-state index contributed by atoms with van der Waals surface area (Å²) < 4.78 is 1.93. The van der Waals surface area contributed by atoms with E-state index < -0.39 is 0 Å². The van der Waals surface area contributed by atoms with E-state index in [1.807, 2.05) is 22.9 Å². The van der Waals surface area contributed by atoms with Crippen molar-refractivity contribution >= 4 is 17.5 Å². The summed E-state index contributed by atoms with van der Waals surface area (Å²) in [6.45, 7) is 2.13. The zero-order chi connectivity index (χ0) is 16.5. The van der Waals surface area contributed by atoms with Crippen LogP contribution in [0.15, 0.2) is 24.7 Å². The first-order chi connectivity index (χ1) is 11.7. The highest BCUT2D eigenvalue weighted by Gasteiger charge is 2.21. The Labute approximate surface area is 140 Å². The van der Waals surface area contributed by atoms with E-state index in [2.05, 4.69) is 32.2 Å². The molecule has 1 atom stereocenters. The zero-order valence-electron chi connectivity index (χ0n) is 13.7. The van der Waals surface area contributed by atoms with E-state index in [0.717, 1.165) is 42.9 Å². The van der Waals surface area contributed by atoms with Crippen LogP contribution in [0.25, 0.3) is 5.78 Å². The molecule has 1 aliphatic rings. The lowest BCUT2D eigenvalue weighted by Gasteiger charge is -2.22. The Morgan fingerprint density at radius 3 is 2.96 bits per heavy atom. The Kier molecular flexibility index (Phi) is 3.76. The maximum absolute atomic E-state index is 5.91. The summed E-state index contributed by atoms with van der Waals surface area (Å²) in [5.74, 6) is 1.90. The molecule has 124 valence electrons. The number of nitrogens with zero attached hydrogens (tertiary/aromatic N) is 5. The van der Waals surface area contributed by atoms with Crippen molar-refractivity contribution in [3.05, 3.63) is 41.6 Å². The molecule has 3 aromatic heterocycles. The Morgan fingerprint density at radius 2 is 2.12 bits per heavy atom. The molecule has 24 heavy (non-hydrogen) atoms. The van der Waals surface area contributed by atoms with Crippen molar-refractivity contribution in [1.82, 2.24) is 24.3 Å². The maximum atomic E-state index is 5.91. The lowest BCUT2D eigenvalue weighted by Crippen LogP contribution is -2.17. The van der Waals surface area contributed by atoms with Crippen LogP contribution in [-0.2, 0) is 12.8 Å². The van der Waals surface area contributed by atoms with Crippen LogP contribution in [0.1, 0.15) is 49.2 Å². The molecule has 0 fully saturated rings. The molecule has 1 aliphatic carbocycles. The monoisotopic (exact) mass is 323 g/mol. The molecule has 3 aromatic rings. The molecule has 0 saturated heterocycles. The molecule has 3 heterocycles. The van der Waals surface area contributed by atoms with Gasteiger partial charge in [0.2, 0.25) is 11.7 Å². The van der Waals surface area contributed by atoms with Crippen molar-refractivity contribution in [3.8, 4) is 0 Å². The van der Waals surface area contributed by atoms with Gasteiger partial charge in [-0.1, -0.05) is 6.92 Å². The molecule has 3 N–H and O–H groups in total. The van der Waals surface area contributed by atoms with Gasteiger partial charge in [0.15, 0.2) is 0 Å². The highest BCUT2D eigenvalue weighted by molar-refractivity contribution is 5.52. The fourth-order valence-corrected chi connectivity index (χ4v) is 3.30. The number of anilines is 2. The predicted octanol–water partition coefficient (Wildman–Crippen LogP) is 2.54. The van der Waals surface area contributed by atoms with Gasteiger partial charge in [0.1, 0.15) is 5.82 Å². The Morgan fingerprint density at radius 1 is 1.25 bits per heavy atom. The molecule has 4 rings (SSSR count). The topological polar surface area (TPSA) is 94.0 Å². The normalized spacial score (nSPS) is 15.2. The second kappa shape index (κ2) is 6.07. The smallest absolute Gasteiger partial charge is 0.233 e. The predicted molar refractivity (Wildman–Crippen MR) is 92.7 cm³/mol. The summed E-state index contributed by atoms with van der Waals surface area (Å²) in [5.41, 5.74) is 9.15. The van der Waals surface area contributed by atoms with Crippen molar-refractivity contribution in [2.75, 3.05) is 11.1 Å². The molecule has 0 spiro atoms. The number of hydrogen-bond acceptors (Lipinski definition) is 6. The molecule has 0 amide bonds. The van der Waals surface area contributed by atoms with Gasteiger partial charge < -0.3 is 11.1 Å². The Hall–Kier alpha value is -2.70. The molecular formula is C17H21N7. The Balaban J connectivity index is 1.69. The fraction of sp³-hybridized carbons (Fsp3) is 0.412. The van der Waals surface area contributed by atoms with Crippen LogP contribution in [-0.4, -0.2) is 24.3 Å². The molecule has 7 heteroatoms. The minimum atomic E-state index is 0.0621. The molecule has 0 radical (unpaired) electrons. The number of aryl methyl sites for hydroxylation is 1. The summed E-state index contributed by atoms with van der Waals surface area (Å²) >= 11 is 0. The van der Waals surface area contributed by atoms with Crippen LogP contribution in [0.3, 0.4) is 0 Å². The van der Waals surface area contributed by atoms with E-state index in [9.17, 15) is 0 Å². The van der Waals surface area contributed by atoms with Crippen LogP contribution in [0.5, 0.6) is 0 Å². The summed E-state index contributed by atoms with van der Waals surface area (Å²) in [6, 6.07) is 1.96. The van der Waals surface area contributed by atoms with Crippen molar-refractivity contribution in [1.29, 1.82) is 0 Å². The molecule has 0 aromatic carbocycles. The zero-order valence-corrected chi connectivity index (χ0v) is 13.7. The number of nitrogen functional groups attached to an aromatic ring is 1. The number of hydrogen-bond donors (Lipinski definition) is 2. The van der Waals surface area contributed by atoms with E-state index in [-0.39, 0.29) is 6.04 Å². The van der Waals surface area contributed by atoms with Gasteiger partial charge in [0, 0.05) is 24.2 Å². The van der Waals surface area contributed by atoms with E-state index in [1.165, 1.54) is 12.0 Å². The van der Waals surface area contributed by atoms with Crippen LogP contribution >= 0.6 is 0 Å². The largest absolute Gasteiger partial charge is 0.368 e. The van der Waals surface area contributed by atoms with Crippen molar-refractivity contribution < 1.29 is 0 Å². The summed E-state index contributed by atoms with van der Waals surface area (Å²) in [5, 5.41) is 3.54. The van der Waals surface area contributed by atoms with Gasteiger partial charge in [0.05, 0.1) is 17.4 Å². The molecule has 0 bridgehead atoms. The maximum Gasteiger partial charge on any atom is 0.233 e. The van der Waals surface area contributed by atoms with Crippen LogP contribution in [0.2, 0.25) is 0 Å². The fourth-order valence-electron chi connectivity index (χ4n) is 3.30. The van der Waals surface area contributed by atoms with Gasteiger partial charge in [-0.25, -0.2) is 15.0 Å². The van der Waals surface area contributed by atoms with Gasteiger partial charge in [-0.05, 0) is 38.2 Å². The SMILES string of the molecule is CCC(Nc1nc(N)nc2c1CCCC2)c1cn2cccnc2n1.